The van der Waals surface area contributed by atoms with Gasteiger partial charge in [0.25, 0.3) is 6.43 Å². The fourth-order valence-corrected chi connectivity index (χ4v) is 5.64. The number of carbonyl (C=O) groups excluding carboxylic acids is 1. The molecule has 12 heteroatoms. The lowest BCUT2D eigenvalue weighted by molar-refractivity contribution is 0.0488. The second-order valence-corrected chi connectivity index (χ2v) is 12.4. The summed E-state index contributed by atoms with van der Waals surface area (Å²) in [6.07, 6.45) is 0.370. The zero-order chi connectivity index (χ0) is 30.0. The molecule has 1 saturated carbocycles. The van der Waals surface area contributed by atoms with E-state index in [9.17, 15) is 13.6 Å². The van der Waals surface area contributed by atoms with Crippen molar-refractivity contribution in [2.24, 2.45) is 5.92 Å². The summed E-state index contributed by atoms with van der Waals surface area (Å²) in [5.41, 5.74) is 1.47. The van der Waals surface area contributed by atoms with Gasteiger partial charge >= 0.3 is 6.09 Å². The summed E-state index contributed by atoms with van der Waals surface area (Å²) in [7, 11) is 0. The average molecular weight is 586 g/mol. The molecule has 3 heterocycles. The van der Waals surface area contributed by atoms with Crippen molar-refractivity contribution in [3.8, 4) is 5.82 Å². The molecule has 228 valence electrons. The largest absolute Gasteiger partial charge is 0.444 e. The van der Waals surface area contributed by atoms with Crippen molar-refractivity contribution in [1.82, 2.24) is 24.8 Å². The molecule has 1 saturated heterocycles. The molecule has 0 radical (unpaired) electrons. The van der Waals surface area contributed by atoms with Crippen molar-refractivity contribution in [2.75, 3.05) is 36.5 Å². The first kappa shape index (κ1) is 29.9. The number of nitrogens with zero attached hydrogens (tertiary/aromatic N) is 5. The Hall–Kier alpha value is -3.54. The number of anilines is 2. The second kappa shape index (κ2) is 12.4. The highest BCUT2D eigenvalue weighted by Gasteiger charge is 2.27. The molecule has 1 aliphatic carbocycles. The highest BCUT2D eigenvalue weighted by atomic mass is 19.3. The van der Waals surface area contributed by atoms with Crippen LogP contribution in [-0.4, -0.2) is 69.6 Å². The first-order valence-electron chi connectivity index (χ1n) is 14.7. The van der Waals surface area contributed by atoms with E-state index in [2.05, 4.69) is 27.4 Å². The maximum absolute atomic E-state index is 14.2. The van der Waals surface area contributed by atoms with E-state index >= 15 is 0 Å². The molecule has 3 aromatic rings. The number of rotatable bonds is 7. The fraction of sp³-hybridized carbons (Fsp3) is 0.600. The van der Waals surface area contributed by atoms with Gasteiger partial charge in [0.05, 0.1) is 30.3 Å². The molecule has 2 fully saturated rings. The van der Waals surface area contributed by atoms with Crippen LogP contribution in [0.2, 0.25) is 0 Å². The van der Waals surface area contributed by atoms with Gasteiger partial charge in [0, 0.05) is 25.2 Å². The van der Waals surface area contributed by atoms with Gasteiger partial charge in [0.15, 0.2) is 5.82 Å². The van der Waals surface area contributed by atoms with Crippen molar-refractivity contribution < 1.29 is 23.0 Å². The van der Waals surface area contributed by atoms with Crippen molar-refractivity contribution in [3.05, 3.63) is 35.7 Å². The van der Waals surface area contributed by atoms with Crippen LogP contribution in [0.3, 0.4) is 0 Å². The van der Waals surface area contributed by atoms with Gasteiger partial charge < -0.3 is 25.0 Å². The normalized spacial score (nSPS) is 21.5. The van der Waals surface area contributed by atoms with Gasteiger partial charge in [0.1, 0.15) is 17.2 Å². The Morgan fingerprint density at radius 1 is 1.12 bits per heavy atom. The number of benzene rings is 1. The minimum absolute atomic E-state index is 0.0680. The molecule has 1 atom stereocenters. The van der Waals surface area contributed by atoms with Gasteiger partial charge in [-0.2, -0.15) is 9.97 Å². The van der Waals surface area contributed by atoms with E-state index in [0.29, 0.717) is 60.8 Å². The van der Waals surface area contributed by atoms with Crippen LogP contribution in [0, 0.1) is 12.8 Å². The topological polar surface area (TPSA) is 106 Å². The van der Waals surface area contributed by atoms with E-state index in [1.165, 1.54) is 4.57 Å². The van der Waals surface area contributed by atoms with E-state index in [4.69, 9.17) is 19.4 Å². The van der Waals surface area contributed by atoms with Crippen LogP contribution >= 0.6 is 0 Å². The highest BCUT2D eigenvalue weighted by Crippen LogP contribution is 2.31. The zero-order valence-electron chi connectivity index (χ0n) is 25.0. The summed E-state index contributed by atoms with van der Waals surface area (Å²) in [5, 5.41) is 6.37. The Labute approximate surface area is 245 Å². The number of hydrogen-bond acceptors (Lipinski definition) is 8. The van der Waals surface area contributed by atoms with Gasteiger partial charge in [-0.15, -0.1) is 0 Å². The van der Waals surface area contributed by atoms with Gasteiger partial charge in [-0.1, -0.05) is 6.07 Å². The first-order chi connectivity index (χ1) is 20.0. The van der Waals surface area contributed by atoms with Crippen LogP contribution in [0.15, 0.2) is 24.3 Å². The first-order valence-corrected chi connectivity index (χ1v) is 14.7. The summed E-state index contributed by atoms with van der Waals surface area (Å²) >= 11 is 0. The predicted molar refractivity (Wildman–Crippen MR) is 158 cm³/mol. The molecule has 0 bridgehead atoms. The van der Waals surface area contributed by atoms with Crippen LogP contribution < -0.4 is 15.5 Å². The number of alkyl halides is 2. The Balaban J connectivity index is 1.37. The number of aromatic nitrogens is 4. The molecule has 0 unspecified atom stereocenters. The quantitative estimate of drug-likeness (QED) is 0.359. The van der Waals surface area contributed by atoms with E-state index in [-0.39, 0.29) is 24.0 Å². The Morgan fingerprint density at radius 2 is 1.86 bits per heavy atom. The molecule has 2 aromatic heterocycles. The molecule has 2 aliphatic rings. The molecular formula is C30H41F2N7O3. The molecule has 0 spiro atoms. The monoisotopic (exact) mass is 585 g/mol. The number of imidazole rings is 1. The van der Waals surface area contributed by atoms with Crippen LogP contribution in [0.5, 0.6) is 0 Å². The number of aryl methyl sites for hydroxylation is 1. The molecule has 1 aromatic carbocycles. The summed E-state index contributed by atoms with van der Waals surface area (Å²) in [5.74, 6) is 1.38. The minimum atomic E-state index is -2.78. The number of fused-ring (bicyclic) bond motifs is 1. The summed E-state index contributed by atoms with van der Waals surface area (Å²) in [6, 6.07) is 7.38. The number of amides is 1. The second-order valence-electron chi connectivity index (χ2n) is 12.4. The Kier molecular flexibility index (Phi) is 8.81. The number of ether oxygens (including phenoxy) is 2. The Bertz CT molecular complexity index is 1400. The number of morpholine rings is 1. The van der Waals surface area contributed by atoms with Crippen LogP contribution in [0.25, 0.3) is 16.9 Å². The molecule has 1 amide bonds. The molecule has 42 heavy (non-hydrogen) atoms. The van der Waals surface area contributed by atoms with Crippen LogP contribution in [-0.2, 0) is 9.47 Å². The number of nitrogens with one attached hydrogen (secondary N) is 2. The highest BCUT2D eigenvalue weighted by molar-refractivity contribution is 5.79. The lowest BCUT2D eigenvalue weighted by Crippen LogP contribution is -2.44. The number of hydrogen-bond donors (Lipinski definition) is 2. The van der Waals surface area contributed by atoms with E-state index in [1.54, 1.807) is 12.1 Å². The third kappa shape index (κ3) is 7.08. The van der Waals surface area contributed by atoms with Gasteiger partial charge in [0.2, 0.25) is 5.95 Å². The lowest BCUT2D eigenvalue weighted by atomic mass is 9.86. The zero-order valence-corrected chi connectivity index (χ0v) is 25.0. The number of carbonyl (C=O) groups is 1. The molecule has 2 N–H and O–H groups in total. The van der Waals surface area contributed by atoms with Gasteiger partial charge in [-0.3, -0.25) is 4.57 Å². The van der Waals surface area contributed by atoms with E-state index in [1.807, 2.05) is 39.8 Å². The minimum Gasteiger partial charge on any atom is -0.444 e. The maximum atomic E-state index is 14.2. The summed E-state index contributed by atoms with van der Waals surface area (Å²) in [6.45, 7) is 11.9. The number of halogens is 2. The molecule has 5 rings (SSSR count). The van der Waals surface area contributed by atoms with Crippen molar-refractivity contribution in [1.29, 1.82) is 0 Å². The van der Waals surface area contributed by atoms with Crippen molar-refractivity contribution in [3.63, 3.8) is 0 Å². The van der Waals surface area contributed by atoms with Crippen LogP contribution in [0.1, 0.15) is 71.2 Å². The molecular weight excluding hydrogens is 544 g/mol. The smallest absolute Gasteiger partial charge is 0.407 e. The predicted octanol–water partition coefficient (Wildman–Crippen LogP) is 5.78. The third-order valence-electron chi connectivity index (χ3n) is 7.74. The van der Waals surface area contributed by atoms with Crippen molar-refractivity contribution >= 4 is 28.9 Å². The maximum Gasteiger partial charge on any atom is 0.407 e. The van der Waals surface area contributed by atoms with E-state index in [0.717, 1.165) is 31.2 Å². The standard InChI is InChI=1S/C30H41F2N7O3/c1-18-6-11-22-23(14-18)39(27(35-22)26(31)32)25-15-24(38-12-13-41-17-19(38)2)36-28(37-25)33-16-20-7-9-21(10-8-20)34-29(40)42-30(3,4)5/h6,11,14-15,19-21,26H,7-10,12-13,16-17H2,1-5H3,(H,34,40)(H,33,36,37)/t19-,20-,21-/m0/s1. The lowest BCUT2D eigenvalue weighted by Gasteiger charge is -2.34. The average Bonchev–Trinajstić information content (AvgIpc) is 3.31. The third-order valence-corrected chi connectivity index (χ3v) is 7.74. The van der Waals surface area contributed by atoms with Gasteiger partial charge in [-0.05, 0) is 83.9 Å². The van der Waals surface area contributed by atoms with E-state index < -0.39 is 12.0 Å². The fourth-order valence-electron chi connectivity index (χ4n) is 5.64. The Morgan fingerprint density at radius 3 is 2.55 bits per heavy atom. The summed E-state index contributed by atoms with van der Waals surface area (Å²) in [4.78, 5) is 28.1. The van der Waals surface area contributed by atoms with Gasteiger partial charge in [-0.25, -0.2) is 18.6 Å². The molecule has 10 nitrogen and oxygen atoms in total. The van der Waals surface area contributed by atoms with Crippen molar-refractivity contribution in [2.45, 2.75) is 84.4 Å². The molecule has 1 aliphatic heterocycles. The SMILES string of the molecule is Cc1ccc2nc(C(F)F)n(-c3cc(N4CCOC[C@@H]4C)nc(NC[C@H]4CC[C@H](NC(=O)OC(C)(C)C)CC4)n3)c2c1. The number of alkyl carbamates (subject to hydrolysis) is 1. The summed E-state index contributed by atoms with van der Waals surface area (Å²) < 4.78 is 41.0. The van der Waals surface area contributed by atoms with Crippen LogP contribution in [0.4, 0.5) is 25.3 Å².